The molecule has 6 heteroatoms. The molecule has 1 rings (SSSR count). The maximum atomic E-state index is 11.2. The van der Waals surface area contributed by atoms with Crippen molar-refractivity contribution in [2.75, 3.05) is 6.26 Å². The van der Waals surface area contributed by atoms with Gasteiger partial charge in [-0.15, -0.1) is 0 Å². The van der Waals surface area contributed by atoms with E-state index in [1.165, 1.54) is 18.0 Å². The van der Waals surface area contributed by atoms with Crippen LogP contribution in [0.5, 0.6) is 5.75 Å². The Morgan fingerprint density at radius 1 is 1.67 bits per heavy atom. The molecule has 1 aromatic rings. The first-order valence-electron chi connectivity index (χ1n) is 4.44. The summed E-state index contributed by atoms with van der Waals surface area (Å²) in [5.41, 5.74) is 0. The molecule has 0 spiro atoms. The van der Waals surface area contributed by atoms with Gasteiger partial charge in [0.15, 0.2) is 16.1 Å². The zero-order valence-electron chi connectivity index (χ0n) is 8.49. The summed E-state index contributed by atoms with van der Waals surface area (Å²) in [5, 5.41) is 0.717. The van der Waals surface area contributed by atoms with Gasteiger partial charge in [0.1, 0.15) is 0 Å². The van der Waals surface area contributed by atoms with Gasteiger partial charge in [-0.25, -0.2) is 9.97 Å². The lowest BCUT2D eigenvalue weighted by Crippen LogP contribution is -2.08. The molecule has 0 aliphatic rings. The van der Waals surface area contributed by atoms with Crippen LogP contribution in [-0.2, 0) is 4.79 Å². The van der Waals surface area contributed by atoms with Gasteiger partial charge in [0, 0.05) is 6.42 Å². The number of carbonyl (C=O) groups excluding carboxylic acids is 1. The lowest BCUT2D eigenvalue weighted by Gasteiger charge is -2.04. The fraction of sp³-hybridized carbons (Fsp3) is 0.444. The minimum absolute atomic E-state index is 0.166. The summed E-state index contributed by atoms with van der Waals surface area (Å²) in [6, 6.07) is 0. The SMILES string of the molecule is CCCC(=O)Oc1cnc(SC)nc1Cl. The molecule has 1 aromatic heterocycles. The van der Waals surface area contributed by atoms with E-state index in [0.717, 1.165) is 6.42 Å². The van der Waals surface area contributed by atoms with E-state index < -0.39 is 0 Å². The van der Waals surface area contributed by atoms with Gasteiger partial charge in [-0.1, -0.05) is 30.3 Å². The fourth-order valence-corrected chi connectivity index (χ4v) is 1.44. The highest BCUT2D eigenvalue weighted by Gasteiger charge is 2.09. The highest BCUT2D eigenvalue weighted by atomic mass is 35.5. The lowest BCUT2D eigenvalue weighted by atomic mass is 10.3. The second-order valence-corrected chi connectivity index (χ2v) is 3.87. The third kappa shape index (κ3) is 3.68. The van der Waals surface area contributed by atoms with E-state index >= 15 is 0 Å². The normalized spacial score (nSPS) is 10.1. The summed E-state index contributed by atoms with van der Waals surface area (Å²) >= 11 is 7.18. The number of rotatable bonds is 4. The van der Waals surface area contributed by atoms with Crippen molar-refractivity contribution in [2.45, 2.75) is 24.9 Å². The van der Waals surface area contributed by atoms with Crippen molar-refractivity contribution >= 4 is 29.3 Å². The number of esters is 1. The zero-order valence-corrected chi connectivity index (χ0v) is 10.1. The van der Waals surface area contributed by atoms with Crippen molar-refractivity contribution in [3.63, 3.8) is 0 Å². The van der Waals surface area contributed by atoms with Gasteiger partial charge in [-0.05, 0) is 12.7 Å². The summed E-state index contributed by atoms with van der Waals surface area (Å²) in [4.78, 5) is 19.1. The number of aromatic nitrogens is 2. The van der Waals surface area contributed by atoms with Gasteiger partial charge in [0.25, 0.3) is 0 Å². The van der Waals surface area contributed by atoms with E-state index in [0.29, 0.717) is 11.6 Å². The standard InChI is InChI=1S/C9H11ClN2O2S/c1-3-4-7(13)14-6-5-11-9(15-2)12-8(6)10/h5H,3-4H2,1-2H3. The molecule has 0 bridgehead atoms. The highest BCUT2D eigenvalue weighted by molar-refractivity contribution is 7.98. The monoisotopic (exact) mass is 246 g/mol. The number of thioether (sulfide) groups is 1. The van der Waals surface area contributed by atoms with Crippen LogP contribution in [-0.4, -0.2) is 22.2 Å². The molecule has 0 N–H and O–H groups in total. The van der Waals surface area contributed by atoms with Crippen molar-refractivity contribution in [1.29, 1.82) is 0 Å². The molecule has 4 nitrogen and oxygen atoms in total. The van der Waals surface area contributed by atoms with Crippen LogP contribution in [0.4, 0.5) is 0 Å². The highest BCUT2D eigenvalue weighted by Crippen LogP contribution is 2.23. The third-order valence-electron chi connectivity index (χ3n) is 1.55. The minimum atomic E-state index is -0.320. The molecule has 0 saturated heterocycles. The largest absolute Gasteiger partial charge is 0.422 e. The summed E-state index contributed by atoms with van der Waals surface area (Å²) in [7, 11) is 0. The summed E-state index contributed by atoms with van der Waals surface area (Å²) in [5.74, 6) is -0.104. The Balaban J connectivity index is 2.73. The summed E-state index contributed by atoms with van der Waals surface area (Å²) in [6.45, 7) is 1.90. The van der Waals surface area contributed by atoms with Crippen LogP contribution in [0.1, 0.15) is 19.8 Å². The molecule has 0 fully saturated rings. The van der Waals surface area contributed by atoms with E-state index in [1.807, 2.05) is 13.2 Å². The van der Waals surface area contributed by atoms with Gasteiger partial charge in [0.2, 0.25) is 0 Å². The zero-order chi connectivity index (χ0) is 11.3. The Morgan fingerprint density at radius 2 is 2.40 bits per heavy atom. The van der Waals surface area contributed by atoms with Crippen LogP contribution < -0.4 is 4.74 Å². The molecular formula is C9H11ClN2O2S. The number of nitrogens with zero attached hydrogens (tertiary/aromatic N) is 2. The van der Waals surface area contributed by atoms with Crippen LogP contribution in [0.15, 0.2) is 11.4 Å². The number of hydrogen-bond acceptors (Lipinski definition) is 5. The summed E-state index contributed by atoms with van der Waals surface area (Å²) in [6.07, 6.45) is 4.35. The van der Waals surface area contributed by atoms with Crippen molar-refractivity contribution < 1.29 is 9.53 Å². The van der Waals surface area contributed by atoms with Crippen molar-refractivity contribution in [2.24, 2.45) is 0 Å². The second-order valence-electron chi connectivity index (χ2n) is 2.74. The average molecular weight is 247 g/mol. The molecule has 0 aromatic carbocycles. The topological polar surface area (TPSA) is 52.1 Å². The van der Waals surface area contributed by atoms with Crippen molar-refractivity contribution in [1.82, 2.24) is 9.97 Å². The van der Waals surface area contributed by atoms with Crippen LogP contribution in [0.3, 0.4) is 0 Å². The predicted octanol–water partition coefficient (Wildman–Crippen LogP) is 2.56. The third-order valence-corrected chi connectivity index (χ3v) is 2.38. The molecule has 0 saturated carbocycles. The number of ether oxygens (including phenoxy) is 1. The van der Waals surface area contributed by atoms with E-state index in [2.05, 4.69) is 9.97 Å². The number of hydrogen-bond donors (Lipinski definition) is 0. The Hall–Kier alpha value is -0.810. The van der Waals surface area contributed by atoms with Gasteiger partial charge in [-0.2, -0.15) is 0 Å². The Labute approximate surface area is 97.4 Å². The fourth-order valence-electron chi connectivity index (χ4n) is 0.880. The first-order chi connectivity index (χ1) is 7.17. The van der Waals surface area contributed by atoms with Gasteiger partial charge >= 0.3 is 5.97 Å². The van der Waals surface area contributed by atoms with E-state index in [4.69, 9.17) is 16.3 Å². The van der Waals surface area contributed by atoms with Crippen LogP contribution in [0, 0.1) is 0 Å². The predicted molar refractivity (Wildman–Crippen MR) is 59.4 cm³/mol. The van der Waals surface area contributed by atoms with Crippen molar-refractivity contribution in [3.05, 3.63) is 11.3 Å². The molecule has 0 amide bonds. The van der Waals surface area contributed by atoms with Crippen LogP contribution in [0.2, 0.25) is 5.15 Å². The molecule has 0 radical (unpaired) electrons. The Morgan fingerprint density at radius 3 is 2.93 bits per heavy atom. The van der Waals surface area contributed by atoms with E-state index in [-0.39, 0.29) is 16.9 Å². The lowest BCUT2D eigenvalue weighted by molar-refractivity contribution is -0.134. The maximum absolute atomic E-state index is 11.2. The van der Waals surface area contributed by atoms with Gasteiger partial charge in [0.05, 0.1) is 6.20 Å². The number of carbonyl (C=O) groups is 1. The maximum Gasteiger partial charge on any atom is 0.311 e. The van der Waals surface area contributed by atoms with Crippen LogP contribution >= 0.6 is 23.4 Å². The quantitative estimate of drug-likeness (QED) is 0.354. The van der Waals surface area contributed by atoms with Gasteiger partial charge in [-0.3, -0.25) is 4.79 Å². The molecule has 1 heterocycles. The molecule has 0 unspecified atom stereocenters. The van der Waals surface area contributed by atoms with Crippen molar-refractivity contribution in [3.8, 4) is 5.75 Å². The number of halogens is 1. The molecular weight excluding hydrogens is 236 g/mol. The molecule has 0 atom stereocenters. The van der Waals surface area contributed by atoms with E-state index in [9.17, 15) is 4.79 Å². The molecule has 82 valence electrons. The minimum Gasteiger partial charge on any atom is -0.422 e. The Bertz CT molecular complexity index is 360. The van der Waals surface area contributed by atoms with E-state index in [1.54, 1.807) is 0 Å². The first-order valence-corrected chi connectivity index (χ1v) is 6.04. The smallest absolute Gasteiger partial charge is 0.311 e. The molecule has 0 aliphatic carbocycles. The van der Waals surface area contributed by atoms with Gasteiger partial charge < -0.3 is 4.74 Å². The average Bonchev–Trinajstić information content (AvgIpc) is 2.21. The van der Waals surface area contributed by atoms with Crippen LogP contribution in [0.25, 0.3) is 0 Å². The molecule has 15 heavy (non-hydrogen) atoms. The molecule has 0 aliphatic heterocycles. The summed E-state index contributed by atoms with van der Waals surface area (Å²) < 4.78 is 4.98. The Kier molecular flexibility index (Phi) is 4.84. The second kappa shape index (κ2) is 5.92. The first kappa shape index (κ1) is 12.3.